The molecule has 1 aliphatic carbocycles. The van der Waals surface area contributed by atoms with Crippen molar-refractivity contribution in [3.63, 3.8) is 0 Å². The summed E-state index contributed by atoms with van der Waals surface area (Å²) in [4.78, 5) is 46.6. The number of anilines is 1. The van der Waals surface area contributed by atoms with Crippen molar-refractivity contribution in [2.75, 3.05) is 32.1 Å². The van der Waals surface area contributed by atoms with Crippen LogP contribution in [0, 0.1) is 12.8 Å². The minimum atomic E-state index is -0.552. The van der Waals surface area contributed by atoms with Gasteiger partial charge in [0.05, 0.1) is 28.6 Å². The van der Waals surface area contributed by atoms with Crippen LogP contribution in [0.2, 0.25) is 0 Å². The van der Waals surface area contributed by atoms with Crippen molar-refractivity contribution in [3.8, 4) is 5.75 Å². The Morgan fingerprint density at radius 1 is 1.29 bits per heavy atom. The monoisotopic (exact) mass is 514 g/mol. The molecule has 1 aliphatic heterocycles. The molecule has 3 amide bonds. The number of aromatic nitrogens is 1. The van der Waals surface area contributed by atoms with E-state index in [-0.39, 0.29) is 23.6 Å². The van der Waals surface area contributed by atoms with Crippen LogP contribution in [0.5, 0.6) is 5.75 Å². The Morgan fingerprint density at radius 3 is 2.66 bits per heavy atom. The second-order valence-electron chi connectivity index (χ2n) is 9.40. The van der Waals surface area contributed by atoms with Crippen molar-refractivity contribution < 1.29 is 19.1 Å². The molecule has 0 bridgehead atoms. The van der Waals surface area contributed by atoms with Crippen LogP contribution in [-0.2, 0) is 9.59 Å². The topological polar surface area (TPSA) is 91.8 Å². The summed E-state index contributed by atoms with van der Waals surface area (Å²) >= 11 is 2.92. The van der Waals surface area contributed by atoms with Crippen molar-refractivity contribution in [3.05, 3.63) is 42.1 Å². The Balaban J connectivity index is 1.55. The van der Waals surface area contributed by atoms with E-state index >= 15 is 0 Å². The largest absolute Gasteiger partial charge is 0.496 e. The Bertz CT molecular complexity index is 1170. The van der Waals surface area contributed by atoms with Crippen LogP contribution in [0.3, 0.4) is 0 Å². The lowest BCUT2D eigenvalue weighted by Crippen LogP contribution is -2.61. The third-order valence-electron chi connectivity index (χ3n) is 6.23. The van der Waals surface area contributed by atoms with E-state index in [9.17, 15) is 14.4 Å². The summed E-state index contributed by atoms with van der Waals surface area (Å²) in [6.07, 6.45) is 4.93. The summed E-state index contributed by atoms with van der Waals surface area (Å²) in [6.45, 7) is 10.8. The number of methoxy groups -OCH3 is 1. The summed E-state index contributed by atoms with van der Waals surface area (Å²) < 4.78 is 6.49. The first-order valence-electron chi connectivity index (χ1n) is 11.5. The van der Waals surface area contributed by atoms with E-state index in [0.29, 0.717) is 36.1 Å². The molecule has 2 aliphatic rings. The van der Waals surface area contributed by atoms with Gasteiger partial charge in [0.25, 0.3) is 5.91 Å². The summed E-state index contributed by atoms with van der Waals surface area (Å²) in [5, 5.41) is 3.46. The Kier molecular flexibility index (Phi) is 7.23. The van der Waals surface area contributed by atoms with Gasteiger partial charge in [-0.2, -0.15) is 0 Å². The molecule has 1 aromatic carbocycles. The smallest absolute Gasteiger partial charge is 0.258 e. The number of carbonyl (C=O) groups excluding carboxylic acids is 3. The minimum absolute atomic E-state index is 0.0295. The van der Waals surface area contributed by atoms with Gasteiger partial charge in [0.1, 0.15) is 5.75 Å². The number of amides is 3. The Labute approximate surface area is 213 Å². The Morgan fingerprint density at radius 2 is 2.03 bits per heavy atom. The second kappa shape index (κ2) is 10.0. The zero-order chi connectivity index (χ0) is 25.3. The Hall–Kier alpha value is -2.85. The molecule has 35 heavy (non-hydrogen) atoms. The molecule has 10 heteroatoms. The lowest BCUT2D eigenvalue weighted by Gasteiger charge is -2.47. The molecule has 0 unspecified atom stereocenters. The second-order valence-corrected chi connectivity index (χ2v) is 11.8. The molecule has 2 fully saturated rings. The van der Waals surface area contributed by atoms with Gasteiger partial charge in [-0.15, -0.1) is 0 Å². The SMILES string of the molecule is C=CC(=O)N1CCN(C(=O)c2cc(Sc3cnc(NC(=O)C4CC4)s3)c(C)cc2OC)C(C)(C)C1. The fraction of sp³-hybridized carbons (Fsp3) is 0.440. The predicted octanol–water partition coefficient (Wildman–Crippen LogP) is 4.21. The number of rotatable bonds is 7. The quantitative estimate of drug-likeness (QED) is 0.557. The van der Waals surface area contributed by atoms with Crippen LogP contribution in [0.25, 0.3) is 0 Å². The van der Waals surface area contributed by atoms with E-state index in [2.05, 4.69) is 16.9 Å². The molecule has 1 N–H and O–H groups in total. The van der Waals surface area contributed by atoms with Crippen molar-refractivity contribution in [2.45, 2.75) is 48.3 Å². The van der Waals surface area contributed by atoms with Crippen molar-refractivity contribution >= 4 is 46.0 Å². The zero-order valence-electron chi connectivity index (χ0n) is 20.4. The van der Waals surface area contributed by atoms with Crippen molar-refractivity contribution in [2.24, 2.45) is 5.92 Å². The maximum absolute atomic E-state index is 13.7. The average molecular weight is 515 g/mol. The van der Waals surface area contributed by atoms with Gasteiger partial charge in [-0.25, -0.2) is 4.98 Å². The number of nitrogens with zero attached hydrogens (tertiary/aromatic N) is 3. The van der Waals surface area contributed by atoms with E-state index in [4.69, 9.17) is 4.74 Å². The van der Waals surface area contributed by atoms with E-state index < -0.39 is 5.54 Å². The van der Waals surface area contributed by atoms with E-state index in [1.807, 2.05) is 32.9 Å². The zero-order valence-corrected chi connectivity index (χ0v) is 22.1. The van der Waals surface area contributed by atoms with Crippen LogP contribution < -0.4 is 10.1 Å². The molecule has 186 valence electrons. The summed E-state index contributed by atoms with van der Waals surface area (Å²) in [5.41, 5.74) is 0.897. The predicted molar refractivity (Wildman–Crippen MR) is 137 cm³/mol. The number of nitrogens with one attached hydrogen (secondary N) is 1. The third kappa shape index (κ3) is 5.54. The number of piperazine rings is 1. The van der Waals surface area contributed by atoms with Gasteiger partial charge in [0.2, 0.25) is 11.8 Å². The van der Waals surface area contributed by atoms with Gasteiger partial charge in [0, 0.05) is 30.4 Å². The van der Waals surface area contributed by atoms with Crippen LogP contribution in [-0.4, -0.2) is 64.8 Å². The third-order valence-corrected chi connectivity index (χ3v) is 8.41. The number of thiazole rings is 1. The molecule has 2 heterocycles. The minimum Gasteiger partial charge on any atom is -0.496 e. The number of hydrogen-bond acceptors (Lipinski definition) is 7. The fourth-order valence-corrected chi connectivity index (χ4v) is 6.07. The van der Waals surface area contributed by atoms with Crippen LogP contribution in [0.1, 0.15) is 42.6 Å². The van der Waals surface area contributed by atoms with Crippen LogP contribution >= 0.6 is 23.1 Å². The molecule has 0 spiro atoms. The normalized spacial score (nSPS) is 17.1. The van der Waals surface area contributed by atoms with Gasteiger partial charge in [-0.3, -0.25) is 14.4 Å². The van der Waals surface area contributed by atoms with Crippen LogP contribution in [0.15, 0.2) is 40.1 Å². The highest BCUT2D eigenvalue weighted by molar-refractivity contribution is 8.01. The van der Waals surface area contributed by atoms with E-state index in [0.717, 1.165) is 27.5 Å². The highest BCUT2D eigenvalue weighted by Crippen LogP contribution is 2.39. The molecular weight excluding hydrogens is 484 g/mol. The number of benzene rings is 1. The van der Waals surface area contributed by atoms with Crippen molar-refractivity contribution in [1.82, 2.24) is 14.8 Å². The number of hydrogen-bond donors (Lipinski definition) is 1. The fourth-order valence-electron chi connectivity index (χ4n) is 4.13. The van der Waals surface area contributed by atoms with Crippen LogP contribution in [0.4, 0.5) is 5.13 Å². The maximum atomic E-state index is 13.7. The molecular formula is C25H30N4O4S2. The number of carbonyl (C=O) groups is 3. The van der Waals surface area contributed by atoms with E-state index in [1.165, 1.54) is 29.2 Å². The molecule has 1 aromatic heterocycles. The van der Waals surface area contributed by atoms with Gasteiger partial charge in [-0.1, -0.05) is 29.7 Å². The lowest BCUT2D eigenvalue weighted by atomic mass is 9.96. The summed E-state index contributed by atoms with van der Waals surface area (Å²) in [7, 11) is 1.56. The molecule has 0 atom stereocenters. The van der Waals surface area contributed by atoms with Gasteiger partial charge < -0.3 is 19.9 Å². The summed E-state index contributed by atoms with van der Waals surface area (Å²) in [5.74, 6) is 0.393. The number of ether oxygens (including phenoxy) is 1. The lowest BCUT2D eigenvalue weighted by molar-refractivity contribution is -0.130. The molecule has 2 aromatic rings. The summed E-state index contributed by atoms with van der Waals surface area (Å²) in [6, 6.07) is 3.73. The van der Waals surface area contributed by atoms with Gasteiger partial charge in [-0.05, 0) is 57.4 Å². The molecule has 1 saturated carbocycles. The molecule has 8 nitrogen and oxygen atoms in total. The highest BCUT2D eigenvalue weighted by Gasteiger charge is 2.39. The maximum Gasteiger partial charge on any atom is 0.258 e. The first-order chi connectivity index (χ1) is 16.6. The molecule has 4 rings (SSSR count). The molecule has 1 saturated heterocycles. The highest BCUT2D eigenvalue weighted by atomic mass is 32.2. The van der Waals surface area contributed by atoms with E-state index in [1.54, 1.807) is 23.1 Å². The first-order valence-corrected chi connectivity index (χ1v) is 13.1. The van der Waals surface area contributed by atoms with Gasteiger partial charge in [0.15, 0.2) is 5.13 Å². The van der Waals surface area contributed by atoms with Crippen molar-refractivity contribution in [1.29, 1.82) is 0 Å². The standard InChI is InChI=1S/C25H30N4O4S2/c1-6-20(30)28-9-10-29(25(3,4)14-28)23(32)17-12-19(15(2)11-18(17)33-5)34-21-13-26-24(35-21)27-22(31)16-7-8-16/h6,11-13,16H,1,7-10,14H2,2-5H3,(H,26,27,31). The van der Waals surface area contributed by atoms with Gasteiger partial charge >= 0.3 is 0 Å². The first kappa shape index (κ1) is 25.2. The molecule has 0 radical (unpaired) electrons. The number of aryl methyl sites for hydroxylation is 1. The average Bonchev–Trinajstić information content (AvgIpc) is 3.59.